The van der Waals surface area contributed by atoms with Gasteiger partial charge in [0.1, 0.15) is 13.2 Å². The van der Waals surface area contributed by atoms with Gasteiger partial charge in [-0.2, -0.15) is 0 Å². The lowest BCUT2D eigenvalue weighted by Gasteiger charge is -2.18. The van der Waals surface area contributed by atoms with Gasteiger partial charge < -0.3 is 14.2 Å². The summed E-state index contributed by atoms with van der Waals surface area (Å²) in [6.07, 6.45) is 82.3. The zero-order valence-electron chi connectivity index (χ0n) is 52.0. The van der Waals surface area contributed by atoms with Crippen molar-refractivity contribution < 1.29 is 28.6 Å². The third-order valence-corrected chi connectivity index (χ3v) is 15.6. The molecule has 0 radical (unpaired) electrons. The molecule has 0 aromatic heterocycles. The monoisotopic (exact) mass is 1080 g/mol. The van der Waals surface area contributed by atoms with Crippen LogP contribution in [0.25, 0.3) is 0 Å². The van der Waals surface area contributed by atoms with Gasteiger partial charge in [-0.3, -0.25) is 14.4 Å². The Kier molecular flexibility index (Phi) is 64.1. The van der Waals surface area contributed by atoms with Gasteiger partial charge in [0.25, 0.3) is 0 Å². The number of ether oxygens (including phenoxy) is 3. The molecule has 0 aliphatic rings. The van der Waals surface area contributed by atoms with Crippen LogP contribution in [0.3, 0.4) is 0 Å². The zero-order chi connectivity index (χ0) is 55.7. The fourth-order valence-electron chi connectivity index (χ4n) is 10.4. The lowest BCUT2D eigenvalue weighted by molar-refractivity contribution is -0.167. The molecule has 6 nitrogen and oxygen atoms in total. The van der Waals surface area contributed by atoms with Crippen LogP contribution in [0, 0.1) is 0 Å². The SMILES string of the molecule is CCCCCCC/C=C\C/C=C\CCCCCCCCCCCCCCCCCCCCCCCC(=O)OCC(COC(=O)CCCCCCC)OC(=O)CCCCCCCCCCC/C=C\CCCCCCCCCC. The molecule has 0 amide bonds. The molecule has 0 spiro atoms. The van der Waals surface area contributed by atoms with E-state index in [0.717, 1.165) is 70.6 Å². The first-order valence-electron chi connectivity index (χ1n) is 34.5. The Balaban J connectivity index is 3.90. The molecule has 0 saturated carbocycles. The Labute approximate surface area is 480 Å². The molecular weight excluding hydrogens is 949 g/mol. The maximum Gasteiger partial charge on any atom is 0.306 e. The number of esters is 3. The van der Waals surface area contributed by atoms with Crippen LogP contribution in [0.2, 0.25) is 0 Å². The smallest absolute Gasteiger partial charge is 0.306 e. The minimum Gasteiger partial charge on any atom is -0.462 e. The van der Waals surface area contributed by atoms with Crippen molar-refractivity contribution in [3.05, 3.63) is 36.5 Å². The minimum atomic E-state index is -0.767. The molecule has 0 bridgehead atoms. The average Bonchev–Trinajstić information content (AvgIpc) is 3.43. The number of carbonyl (C=O) groups is 3. The molecule has 0 aromatic rings. The summed E-state index contributed by atoms with van der Waals surface area (Å²) >= 11 is 0. The molecule has 6 heteroatoms. The molecule has 0 rings (SSSR count). The number of carbonyl (C=O) groups excluding carboxylic acids is 3. The van der Waals surface area contributed by atoms with Gasteiger partial charge in [0.2, 0.25) is 0 Å². The Morgan fingerprint density at radius 3 is 0.727 bits per heavy atom. The maximum absolute atomic E-state index is 12.8. The second-order valence-electron chi connectivity index (χ2n) is 23.4. The van der Waals surface area contributed by atoms with Crippen LogP contribution in [-0.4, -0.2) is 37.2 Å². The Hall–Kier alpha value is -2.37. The predicted octanol–water partition coefficient (Wildman–Crippen LogP) is 23.6. The van der Waals surface area contributed by atoms with Crippen molar-refractivity contribution in [2.24, 2.45) is 0 Å². The quantitative estimate of drug-likeness (QED) is 0.0261. The van der Waals surface area contributed by atoms with E-state index < -0.39 is 6.10 Å². The third-order valence-electron chi connectivity index (χ3n) is 15.6. The van der Waals surface area contributed by atoms with E-state index in [4.69, 9.17) is 14.2 Å². The highest BCUT2D eigenvalue weighted by atomic mass is 16.6. The van der Waals surface area contributed by atoms with Crippen LogP contribution < -0.4 is 0 Å². The van der Waals surface area contributed by atoms with E-state index in [1.165, 1.54) is 270 Å². The summed E-state index contributed by atoms with van der Waals surface area (Å²) in [5.74, 6) is -0.861. The number of unbranched alkanes of at least 4 members (excludes halogenated alkanes) is 47. The number of hydrogen-bond acceptors (Lipinski definition) is 6. The number of hydrogen-bond donors (Lipinski definition) is 0. The van der Waals surface area contributed by atoms with Crippen molar-refractivity contribution in [1.29, 1.82) is 0 Å². The lowest BCUT2D eigenvalue weighted by atomic mass is 10.0. The van der Waals surface area contributed by atoms with Crippen LogP contribution in [0.1, 0.15) is 380 Å². The van der Waals surface area contributed by atoms with Gasteiger partial charge in [-0.1, -0.05) is 320 Å². The second kappa shape index (κ2) is 66.1. The highest BCUT2D eigenvalue weighted by molar-refractivity contribution is 5.71. The van der Waals surface area contributed by atoms with E-state index in [9.17, 15) is 14.4 Å². The van der Waals surface area contributed by atoms with E-state index in [2.05, 4.69) is 57.2 Å². The fourth-order valence-corrected chi connectivity index (χ4v) is 10.4. The van der Waals surface area contributed by atoms with E-state index in [1.54, 1.807) is 0 Å². The summed E-state index contributed by atoms with van der Waals surface area (Å²) in [4.78, 5) is 38.0. The van der Waals surface area contributed by atoms with Gasteiger partial charge in [0, 0.05) is 19.3 Å². The summed E-state index contributed by atoms with van der Waals surface area (Å²) in [6.45, 7) is 6.60. The van der Waals surface area contributed by atoms with Crippen LogP contribution in [0.5, 0.6) is 0 Å². The van der Waals surface area contributed by atoms with E-state index in [-0.39, 0.29) is 31.1 Å². The highest BCUT2D eigenvalue weighted by Gasteiger charge is 2.19. The highest BCUT2D eigenvalue weighted by Crippen LogP contribution is 2.18. The third kappa shape index (κ3) is 64.3. The standard InChI is InChI=1S/C71H132O6/c1-4-7-10-13-15-17-19-21-23-25-27-29-30-31-32-33-34-35-36-37-38-39-40-42-43-45-47-49-51-53-55-58-61-64-70(73)76-67-68(66-75-69(72)63-60-57-12-9-6-3)77-71(74)65-62-59-56-54-52-50-48-46-44-41-28-26-24-22-20-18-16-14-11-8-5-2/h19,21,25-28,68H,4-18,20,22-24,29-67H2,1-3H3/b21-19-,27-25-,28-26-. The van der Waals surface area contributed by atoms with Gasteiger partial charge >= 0.3 is 17.9 Å². The van der Waals surface area contributed by atoms with Gasteiger partial charge in [0.15, 0.2) is 6.10 Å². The van der Waals surface area contributed by atoms with Gasteiger partial charge in [-0.05, 0) is 77.0 Å². The normalized spacial score (nSPS) is 12.2. The van der Waals surface area contributed by atoms with Gasteiger partial charge in [0.05, 0.1) is 0 Å². The van der Waals surface area contributed by atoms with Crippen molar-refractivity contribution in [2.75, 3.05) is 13.2 Å². The van der Waals surface area contributed by atoms with Gasteiger partial charge in [-0.25, -0.2) is 0 Å². The molecule has 77 heavy (non-hydrogen) atoms. The maximum atomic E-state index is 12.8. The first-order chi connectivity index (χ1) is 38.0. The van der Waals surface area contributed by atoms with Crippen LogP contribution in [-0.2, 0) is 28.6 Å². The predicted molar refractivity (Wildman–Crippen MR) is 335 cm³/mol. The summed E-state index contributed by atoms with van der Waals surface area (Å²) in [6, 6.07) is 0. The van der Waals surface area contributed by atoms with Crippen molar-refractivity contribution in [1.82, 2.24) is 0 Å². The van der Waals surface area contributed by atoms with E-state index in [1.807, 2.05) is 0 Å². The number of allylic oxidation sites excluding steroid dienone is 6. The summed E-state index contributed by atoms with van der Waals surface area (Å²) in [5, 5.41) is 0. The lowest BCUT2D eigenvalue weighted by Crippen LogP contribution is -2.30. The Bertz CT molecular complexity index is 1290. The van der Waals surface area contributed by atoms with Crippen molar-refractivity contribution in [3.63, 3.8) is 0 Å². The molecule has 0 N–H and O–H groups in total. The van der Waals surface area contributed by atoms with E-state index >= 15 is 0 Å². The van der Waals surface area contributed by atoms with Crippen molar-refractivity contribution in [3.8, 4) is 0 Å². The zero-order valence-corrected chi connectivity index (χ0v) is 52.0. The Morgan fingerprint density at radius 2 is 0.468 bits per heavy atom. The molecule has 0 aliphatic heterocycles. The van der Waals surface area contributed by atoms with Crippen molar-refractivity contribution in [2.45, 2.75) is 386 Å². The first-order valence-corrected chi connectivity index (χ1v) is 34.5. The molecule has 0 aliphatic carbocycles. The largest absolute Gasteiger partial charge is 0.462 e. The van der Waals surface area contributed by atoms with Crippen LogP contribution >= 0.6 is 0 Å². The van der Waals surface area contributed by atoms with Gasteiger partial charge in [-0.15, -0.1) is 0 Å². The summed E-state index contributed by atoms with van der Waals surface area (Å²) in [7, 11) is 0. The molecular formula is C71H132O6. The van der Waals surface area contributed by atoms with E-state index in [0.29, 0.717) is 19.3 Å². The molecule has 0 heterocycles. The average molecular weight is 1080 g/mol. The molecule has 0 aromatic carbocycles. The number of rotatable bonds is 64. The first kappa shape index (κ1) is 74.6. The topological polar surface area (TPSA) is 78.9 Å². The summed E-state index contributed by atoms with van der Waals surface area (Å²) < 4.78 is 16.8. The summed E-state index contributed by atoms with van der Waals surface area (Å²) in [5.41, 5.74) is 0. The molecule has 452 valence electrons. The molecule has 1 unspecified atom stereocenters. The molecule has 0 saturated heterocycles. The fraction of sp³-hybridized carbons (Fsp3) is 0.873. The Morgan fingerprint density at radius 1 is 0.260 bits per heavy atom. The van der Waals surface area contributed by atoms with Crippen molar-refractivity contribution >= 4 is 17.9 Å². The molecule has 1 atom stereocenters. The van der Waals surface area contributed by atoms with Crippen LogP contribution in [0.4, 0.5) is 0 Å². The van der Waals surface area contributed by atoms with Crippen LogP contribution in [0.15, 0.2) is 36.5 Å². The molecule has 0 fully saturated rings. The second-order valence-corrected chi connectivity index (χ2v) is 23.4. The minimum absolute atomic E-state index is 0.0683.